The number of amides is 1. The summed E-state index contributed by atoms with van der Waals surface area (Å²) >= 11 is 6.26. The van der Waals surface area contributed by atoms with Gasteiger partial charge < -0.3 is 14.8 Å². The number of hydrogen-bond donors (Lipinski definition) is 1. The van der Waals surface area contributed by atoms with Gasteiger partial charge in [-0.2, -0.15) is 5.26 Å². The van der Waals surface area contributed by atoms with Crippen LogP contribution in [0.5, 0.6) is 11.5 Å². The first-order valence-corrected chi connectivity index (χ1v) is 9.46. The number of anilines is 1. The van der Waals surface area contributed by atoms with Crippen LogP contribution in [0.2, 0.25) is 5.02 Å². The molecule has 0 saturated heterocycles. The Morgan fingerprint density at radius 3 is 2.71 bits per heavy atom. The van der Waals surface area contributed by atoms with Gasteiger partial charge in [0.2, 0.25) is 0 Å². The topological polar surface area (TPSA) is 71.3 Å². The minimum atomic E-state index is -0.507. The van der Waals surface area contributed by atoms with Gasteiger partial charge in [-0.3, -0.25) is 4.79 Å². The standard InChI is InChI=1S/C22H23ClN2O3/c1-4-15(3)28-21-10-9-16(12-20(21)23)11-17(14-24)22(26)25-18-7-6-8-19(13-18)27-5-2/h6-13,15H,4-5H2,1-3H3,(H,25,26)/b17-11-/t15-/m0/s1. The molecule has 0 unspecified atom stereocenters. The average Bonchev–Trinajstić information content (AvgIpc) is 2.68. The largest absolute Gasteiger partial charge is 0.494 e. The van der Waals surface area contributed by atoms with E-state index >= 15 is 0 Å². The molecule has 0 aliphatic rings. The Morgan fingerprint density at radius 2 is 2.07 bits per heavy atom. The van der Waals surface area contributed by atoms with Crippen molar-refractivity contribution in [2.24, 2.45) is 0 Å². The molecule has 1 N–H and O–H groups in total. The second-order valence-electron chi connectivity index (χ2n) is 6.11. The highest BCUT2D eigenvalue weighted by Crippen LogP contribution is 2.28. The van der Waals surface area contributed by atoms with Crippen LogP contribution in [0.3, 0.4) is 0 Å². The van der Waals surface area contributed by atoms with Gasteiger partial charge in [-0.25, -0.2) is 0 Å². The number of nitrogens with one attached hydrogen (secondary N) is 1. The van der Waals surface area contributed by atoms with Crippen LogP contribution in [-0.4, -0.2) is 18.6 Å². The Bertz CT molecular complexity index is 903. The Labute approximate surface area is 170 Å². The van der Waals surface area contributed by atoms with Crippen molar-refractivity contribution in [2.75, 3.05) is 11.9 Å². The highest BCUT2D eigenvalue weighted by atomic mass is 35.5. The van der Waals surface area contributed by atoms with Gasteiger partial charge >= 0.3 is 0 Å². The van der Waals surface area contributed by atoms with Gasteiger partial charge in [-0.05, 0) is 56.2 Å². The van der Waals surface area contributed by atoms with Crippen LogP contribution in [-0.2, 0) is 4.79 Å². The summed E-state index contributed by atoms with van der Waals surface area (Å²) in [5.41, 5.74) is 1.15. The smallest absolute Gasteiger partial charge is 0.266 e. The van der Waals surface area contributed by atoms with Crippen molar-refractivity contribution >= 4 is 29.3 Å². The molecule has 0 saturated carbocycles. The number of carbonyl (C=O) groups excluding carboxylic acids is 1. The van der Waals surface area contributed by atoms with Crippen LogP contribution in [0.4, 0.5) is 5.69 Å². The van der Waals surface area contributed by atoms with Crippen molar-refractivity contribution in [3.8, 4) is 17.6 Å². The molecule has 0 bridgehead atoms. The van der Waals surface area contributed by atoms with Crippen LogP contribution < -0.4 is 14.8 Å². The maximum absolute atomic E-state index is 12.5. The van der Waals surface area contributed by atoms with Crippen LogP contribution >= 0.6 is 11.6 Å². The molecule has 0 aliphatic heterocycles. The lowest BCUT2D eigenvalue weighted by atomic mass is 10.1. The first-order valence-electron chi connectivity index (χ1n) is 9.09. The summed E-state index contributed by atoms with van der Waals surface area (Å²) in [4.78, 5) is 12.5. The summed E-state index contributed by atoms with van der Waals surface area (Å²) in [6, 6.07) is 14.1. The molecule has 5 nitrogen and oxygen atoms in total. The van der Waals surface area contributed by atoms with Gasteiger partial charge in [0.15, 0.2) is 0 Å². The normalized spacial score (nSPS) is 12.0. The van der Waals surface area contributed by atoms with E-state index in [0.717, 1.165) is 6.42 Å². The number of rotatable bonds is 8. The van der Waals surface area contributed by atoms with Gasteiger partial charge in [-0.1, -0.05) is 30.7 Å². The highest BCUT2D eigenvalue weighted by molar-refractivity contribution is 6.32. The zero-order valence-corrected chi connectivity index (χ0v) is 16.9. The fourth-order valence-corrected chi connectivity index (χ4v) is 2.58. The van der Waals surface area contributed by atoms with Crippen LogP contribution in [0.25, 0.3) is 6.08 Å². The van der Waals surface area contributed by atoms with Gasteiger partial charge in [0, 0.05) is 11.8 Å². The maximum Gasteiger partial charge on any atom is 0.266 e. The van der Waals surface area contributed by atoms with Crippen LogP contribution in [0, 0.1) is 11.3 Å². The van der Waals surface area contributed by atoms with E-state index in [4.69, 9.17) is 21.1 Å². The number of nitrogens with zero attached hydrogens (tertiary/aromatic N) is 1. The lowest BCUT2D eigenvalue weighted by molar-refractivity contribution is -0.112. The predicted octanol–water partition coefficient (Wildman–Crippen LogP) is 5.46. The Balaban J connectivity index is 2.16. The van der Waals surface area contributed by atoms with E-state index in [-0.39, 0.29) is 11.7 Å². The van der Waals surface area contributed by atoms with Crippen molar-refractivity contribution in [1.82, 2.24) is 0 Å². The monoisotopic (exact) mass is 398 g/mol. The quantitative estimate of drug-likeness (QED) is 0.473. The minimum Gasteiger partial charge on any atom is -0.494 e. The molecule has 0 fully saturated rings. The molecular weight excluding hydrogens is 376 g/mol. The number of nitriles is 1. The fraction of sp³-hybridized carbons (Fsp3) is 0.273. The van der Waals surface area contributed by atoms with E-state index in [0.29, 0.717) is 34.4 Å². The number of ether oxygens (including phenoxy) is 2. The molecule has 2 rings (SSSR count). The zero-order chi connectivity index (χ0) is 20.5. The lowest BCUT2D eigenvalue weighted by Crippen LogP contribution is -2.13. The molecule has 0 aromatic heterocycles. The summed E-state index contributed by atoms with van der Waals surface area (Å²) in [6.07, 6.45) is 2.40. The lowest BCUT2D eigenvalue weighted by Gasteiger charge is -2.14. The van der Waals surface area contributed by atoms with Gasteiger partial charge in [0.05, 0.1) is 17.7 Å². The molecule has 6 heteroatoms. The third-order valence-corrected chi connectivity index (χ3v) is 4.23. The SMILES string of the molecule is CCOc1cccc(NC(=O)/C(C#N)=C\c2ccc(O[C@@H](C)CC)c(Cl)c2)c1. The van der Waals surface area contributed by atoms with Gasteiger partial charge in [0.25, 0.3) is 5.91 Å². The summed E-state index contributed by atoms with van der Waals surface area (Å²) in [5, 5.41) is 12.5. The Kier molecular flexibility index (Phi) is 7.91. The second-order valence-corrected chi connectivity index (χ2v) is 6.52. The van der Waals surface area contributed by atoms with Crippen molar-refractivity contribution in [3.63, 3.8) is 0 Å². The molecular formula is C22H23ClN2O3. The second kappa shape index (κ2) is 10.4. The summed E-state index contributed by atoms with van der Waals surface area (Å²) < 4.78 is 11.1. The van der Waals surface area contributed by atoms with Crippen molar-refractivity contribution in [1.29, 1.82) is 5.26 Å². The first kappa shape index (κ1) is 21.3. The van der Waals surface area contributed by atoms with E-state index in [1.54, 1.807) is 42.5 Å². The molecule has 146 valence electrons. The first-order chi connectivity index (χ1) is 13.5. The van der Waals surface area contributed by atoms with Crippen molar-refractivity contribution < 1.29 is 14.3 Å². The van der Waals surface area contributed by atoms with Gasteiger partial charge in [0.1, 0.15) is 23.1 Å². The van der Waals surface area contributed by atoms with E-state index in [1.807, 2.05) is 26.8 Å². The molecule has 0 spiro atoms. The van der Waals surface area contributed by atoms with Crippen LogP contribution in [0.15, 0.2) is 48.0 Å². The third kappa shape index (κ3) is 6.04. The van der Waals surface area contributed by atoms with E-state index in [1.165, 1.54) is 6.08 Å². The van der Waals surface area contributed by atoms with Crippen molar-refractivity contribution in [3.05, 3.63) is 58.6 Å². The molecule has 28 heavy (non-hydrogen) atoms. The molecule has 0 radical (unpaired) electrons. The molecule has 0 aliphatic carbocycles. The fourth-order valence-electron chi connectivity index (χ4n) is 2.35. The van der Waals surface area contributed by atoms with Crippen LogP contribution in [0.1, 0.15) is 32.8 Å². The summed E-state index contributed by atoms with van der Waals surface area (Å²) in [7, 11) is 0. The molecule has 1 amide bonds. The van der Waals surface area contributed by atoms with E-state index in [9.17, 15) is 10.1 Å². The third-order valence-electron chi connectivity index (χ3n) is 3.94. The van der Waals surface area contributed by atoms with Crippen molar-refractivity contribution in [2.45, 2.75) is 33.3 Å². The molecule has 2 aromatic carbocycles. The van der Waals surface area contributed by atoms with Gasteiger partial charge in [-0.15, -0.1) is 0 Å². The molecule has 0 heterocycles. The average molecular weight is 399 g/mol. The minimum absolute atomic E-state index is 0.0338. The highest BCUT2D eigenvalue weighted by Gasteiger charge is 2.12. The number of halogens is 1. The van der Waals surface area contributed by atoms with E-state index < -0.39 is 5.91 Å². The Morgan fingerprint density at radius 1 is 1.29 bits per heavy atom. The summed E-state index contributed by atoms with van der Waals surface area (Å²) in [6.45, 7) is 6.39. The predicted molar refractivity (Wildman–Crippen MR) is 112 cm³/mol. The number of benzene rings is 2. The summed E-state index contributed by atoms with van der Waals surface area (Å²) in [5.74, 6) is 0.711. The zero-order valence-electron chi connectivity index (χ0n) is 16.2. The number of carbonyl (C=O) groups is 1. The molecule has 1 atom stereocenters. The Hall–Kier alpha value is -2.97. The molecule has 2 aromatic rings. The maximum atomic E-state index is 12.5. The number of hydrogen-bond acceptors (Lipinski definition) is 4. The van der Waals surface area contributed by atoms with E-state index in [2.05, 4.69) is 5.32 Å².